The van der Waals surface area contributed by atoms with Gasteiger partial charge in [0.05, 0.1) is 7.11 Å². The number of piperidine rings is 1. The van der Waals surface area contributed by atoms with Crippen molar-refractivity contribution < 1.29 is 14.3 Å². The minimum atomic E-state index is -0.273. The number of methoxy groups -OCH3 is 1. The fourth-order valence-electron chi connectivity index (χ4n) is 3.27. The summed E-state index contributed by atoms with van der Waals surface area (Å²) in [5.41, 5.74) is 2.40. The van der Waals surface area contributed by atoms with Crippen LogP contribution in [-0.2, 0) is 4.79 Å². The molecule has 7 heteroatoms. The molecule has 0 aliphatic carbocycles. The van der Waals surface area contributed by atoms with Gasteiger partial charge < -0.3 is 19.7 Å². The highest BCUT2D eigenvalue weighted by molar-refractivity contribution is 7.80. The first-order valence-corrected chi connectivity index (χ1v) is 10.4. The van der Waals surface area contributed by atoms with E-state index in [-0.39, 0.29) is 12.5 Å². The van der Waals surface area contributed by atoms with Gasteiger partial charge in [-0.05, 0) is 62.1 Å². The standard InChI is InChI=1S/C22H25ClN2O3S/c1-15-17(23)7-6-8-18(15)24-21(26)14-28-19-10-9-16(13-20(19)27-2)22(29)25-11-4-3-5-12-25/h6-10,13H,3-5,11-12,14H2,1-2H3,(H,24,26). The molecule has 0 atom stereocenters. The predicted octanol–water partition coefficient (Wildman–Crippen LogP) is 4.84. The maximum Gasteiger partial charge on any atom is 0.262 e. The number of carbonyl (C=O) groups is 1. The van der Waals surface area contributed by atoms with Gasteiger partial charge in [-0.3, -0.25) is 4.79 Å². The predicted molar refractivity (Wildman–Crippen MR) is 120 cm³/mol. The minimum absolute atomic E-state index is 0.141. The van der Waals surface area contributed by atoms with Crippen LogP contribution in [0.4, 0.5) is 5.69 Å². The van der Waals surface area contributed by atoms with Crippen LogP contribution in [0.5, 0.6) is 11.5 Å². The van der Waals surface area contributed by atoms with Gasteiger partial charge in [-0.15, -0.1) is 0 Å². The van der Waals surface area contributed by atoms with Crippen molar-refractivity contribution in [3.8, 4) is 11.5 Å². The minimum Gasteiger partial charge on any atom is -0.493 e. The van der Waals surface area contributed by atoms with E-state index in [9.17, 15) is 4.79 Å². The molecular formula is C22H25ClN2O3S. The molecule has 1 N–H and O–H groups in total. The first-order valence-electron chi connectivity index (χ1n) is 9.64. The topological polar surface area (TPSA) is 50.8 Å². The molecule has 5 nitrogen and oxygen atoms in total. The van der Waals surface area contributed by atoms with E-state index in [0.717, 1.165) is 29.2 Å². The Kier molecular flexibility index (Phi) is 7.34. The van der Waals surface area contributed by atoms with E-state index in [0.29, 0.717) is 22.2 Å². The molecule has 29 heavy (non-hydrogen) atoms. The second-order valence-corrected chi connectivity index (χ2v) is 7.76. The van der Waals surface area contributed by atoms with Crippen molar-refractivity contribution in [2.24, 2.45) is 0 Å². The molecule has 1 fully saturated rings. The van der Waals surface area contributed by atoms with Crippen LogP contribution < -0.4 is 14.8 Å². The van der Waals surface area contributed by atoms with Crippen LogP contribution >= 0.6 is 23.8 Å². The van der Waals surface area contributed by atoms with Crippen molar-refractivity contribution in [2.75, 3.05) is 32.1 Å². The smallest absolute Gasteiger partial charge is 0.262 e. The Balaban J connectivity index is 1.63. The van der Waals surface area contributed by atoms with Crippen molar-refractivity contribution in [1.82, 2.24) is 4.90 Å². The van der Waals surface area contributed by atoms with E-state index < -0.39 is 0 Å². The van der Waals surface area contributed by atoms with Crippen LogP contribution in [-0.4, -0.2) is 42.6 Å². The molecule has 154 valence electrons. The monoisotopic (exact) mass is 432 g/mol. The summed E-state index contributed by atoms with van der Waals surface area (Å²) in [5.74, 6) is 0.773. The zero-order valence-electron chi connectivity index (χ0n) is 16.7. The molecule has 0 aromatic heterocycles. The van der Waals surface area contributed by atoms with Crippen molar-refractivity contribution in [3.63, 3.8) is 0 Å². The van der Waals surface area contributed by atoms with E-state index >= 15 is 0 Å². The largest absolute Gasteiger partial charge is 0.493 e. The fourth-order valence-corrected chi connectivity index (χ4v) is 3.76. The van der Waals surface area contributed by atoms with Gasteiger partial charge in [0.1, 0.15) is 4.99 Å². The van der Waals surface area contributed by atoms with Gasteiger partial charge in [0.2, 0.25) is 0 Å². The Bertz CT molecular complexity index is 898. The van der Waals surface area contributed by atoms with E-state index in [1.807, 2.05) is 19.1 Å². The SMILES string of the molecule is COc1cc(C(=S)N2CCCCC2)ccc1OCC(=O)Nc1cccc(Cl)c1C. The lowest BCUT2D eigenvalue weighted by atomic mass is 10.1. The van der Waals surface area contributed by atoms with Crippen LogP contribution in [0.25, 0.3) is 0 Å². The molecule has 2 aromatic rings. The van der Waals surface area contributed by atoms with Crippen LogP contribution in [0, 0.1) is 6.92 Å². The number of nitrogens with zero attached hydrogens (tertiary/aromatic N) is 1. The van der Waals surface area contributed by atoms with Crippen LogP contribution in [0.2, 0.25) is 5.02 Å². The third-order valence-electron chi connectivity index (χ3n) is 4.95. The third-order valence-corrected chi connectivity index (χ3v) is 5.86. The second kappa shape index (κ2) is 9.94. The van der Waals surface area contributed by atoms with Crippen LogP contribution in [0.1, 0.15) is 30.4 Å². The summed E-state index contributed by atoms with van der Waals surface area (Å²) in [4.78, 5) is 15.3. The summed E-state index contributed by atoms with van der Waals surface area (Å²) in [7, 11) is 1.57. The highest BCUT2D eigenvalue weighted by Gasteiger charge is 2.17. The van der Waals surface area contributed by atoms with Crippen LogP contribution in [0.3, 0.4) is 0 Å². The highest BCUT2D eigenvalue weighted by atomic mass is 35.5. The molecule has 2 aromatic carbocycles. The summed E-state index contributed by atoms with van der Waals surface area (Å²) in [6.45, 7) is 3.69. The lowest BCUT2D eigenvalue weighted by Gasteiger charge is -2.29. The van der Waals surface area contributed by atoms with Crippen molar-refractivity contribution in [2.45, 2.75) is 26.2 Å². The second-order valence-electron chi connectivity index (χ2n) is 6.97. The molecule has 0 unspecified atom stereocenters. The number of hydrogen-bond acceptors (Lipinski definition) is 4. The maximum absolute atomic E-state index is 12.3. The molecule has 1 saturated heterocycles. The molecule has 1 amide bonds. The number of ether oxygens (including phenoxy) is 2. The number of anilines is 1. The lowest BCUT2D eigenvalue weighted by molar-refractivity contribution is -0.118. The summed E-state index contributed by atoms with van der Waals surface area (Å²) in [5, 5.41) is 3.42. The number of thiocarbonyl (C=S) groups is 1. The quantitative estimate of drug-likeness (QED) is 0.662. The first-order chi connectivity index (χ1) is 14.0. The Morgan fingerprint density at radius 2 is 1.93 bits per heavy atom. The van der Waals surface area contributed by atoms with Crippen molar-refractivity contribution in [3.05, 3.63) is 52.5 Å². The third kappa shape index (κ3) is 5.40. The summed E-state index contributed by atoms with van der Waals surface area (Å²) in [6.07, 6.45) is 3.59. The van der Waals surface area contributed by atoms with Crippen molar-refractivity contribution in [1.29, 1.82) is 0 Å². The summed E-state index contributed by atoms with van der Waals surface area (Å²) >= 11 is 11.7. The zero-order chi connectivity index (χ0) is 20.8. The molecule has 1 aliphatic heterocycles. The molecule has 0 spiro atoms. The Hall–Kier alpha value is -2.31. The zero-order valence-corrected chi connectivity index (χ0v) is 18.2. The van der Waals surface area contributed by atoms with E-state index in [1.165, 1.54) is 19.3 Å². The average Bonchev–Trinajstić information content (AvgIpc) is 2.75. The molecule has 1 heterocycles. The van der Waals surface area contributed by atoms with Gasteiger partial charge in [-0.25, -0.2) is 0 Å². The molecule has 1 aliphatic rings. The average molecular weight is 433 g/mol. The lowest BCUT2D eigenvalue weighted by Crippen LogP contribution is -2.34. The van der Waals surface area contributed by atoms with Gasteiger partial charge in [0, 0.05) is 29.4 Å². The maximum atomic E-state index is 12.3. The number of likely N-dealkylation sites (tertiary alicyclic amines) is 1. The molecular weight excluding hydrogens is 408 g/mol. The highest BCUT2D eigenvalue weighted by Crippen LogP contribution is 2.29. The Labute approximate surface area is 181 Å². The normalized spacial score (nSPS) is 13.7. The Morgan fingerprint density at radius 1 is 1.17 bits per heavy atom. The van der Waals surface area contributed by atoms with E-state index in [1.54, 1.807) is 31.4 Å². The summed E-state index contributed by atoms with van der Waals surface area (Å²) in [6, 6.07) is 10.9. The molecule has 3 rings (SSSR count). The van der Waals surface area contributed by atoms with Crippen molar-refractivity contribution >= 4 is 40.4 Å². The van der Waals surface area contributed by atoms with Gasteiger partial charge in [0.15, 0.2) is 18.1 Å². The number of halogens is 1. The number of benzene rings is 2. The number of carbonyl (C=O) groups excluding carboxylic acids is 1. The van der Waals surface area contributed by atoms with Gasteiger partial charge >= 0.3 is 0 Å². The number of rotatable bonds is 6. The van der Waals surface area contributed by atoms with Gasteiger partial charge in [-0.1, -0.05) is 29.9 Å². The molecule has 0 saturated carbocycles. The number of nitrogens with one attached hydrogen (secondary N) is 1. The Morgan fingerprint density at radius 3 is 2.66 bits per heavy atom. The fraction of sp³-hybridized carbons (Fsp3) is 0.364. The summed E-state index contributed by atoms with van der Waals surface area (Å²) < 4.78 is 11.1. The van der Waals surface area contributed by atoms with E-state index in [4.69, 9.17) is 33.3 Å². The van der Waals surface area contributed by atoms with Gasteiger partial charge in [-0.2, -0.15) is 0 Å². The van der Waals surface area contributed by atoms with Gasteiger partial charge in [0.25, 0.3) is 5.91 Å². The molecule has 0 bridgehead atoms. The van der Waals surface area contributed by atoms with E-state index in [2.05, 4.69) is 10.2 Å². The number of hydrogen-bond donors (Lipinski definition) is 1. The number of amides is 1. The van der Waals surface area contributed by atoms with Crippen LogP contribution in [0.15, 0.2) is 36.4 Å². The molecule has 0 radical (unpaired) electrons. The first kappa shape index (κ1) is 21.4.